The number of aryl methyl sites for hydroxylation is 1. The van der Waals surface area contributed by atoms with E-state index in [1.165, 1.54) is 37.7 Å². The van der Waals surface area contributed by atoms with Crippen LogP contribution in [-0.4, -0.2) is 55.8 Å². The predicted molar refractivity (Wildman–Crippen MR) is 198 cm³/mol. The molecule has 1 saturated carbocycles. The lowest BCUT2D eigenvalue weighted by molar-refractivity contribution is -0.123. The molecule has 2 aliphatic rings. The van der Waals surface area contributed by atoms with Gasteiger partial charge in [0.25, 0.3) is 12.3 Å². The number of amides is 1. The van der Waals surface area contributed by atoms with Crippen LogP contribution in [0.4, 0.5) is 32.2 Å². The first kappa shape index (κ1) is 40.1. The number of nitrogens with zero attached hydrogens (tertiary/aromatic N) is 5. The molecular formula is C38H34ClF6N7O4S. The summed E-state index contributed by atoms with van der Waals surface area (Å²) in [6.07, 6.45) is -1.75. The Hall–Kier alpha value is -5.12. The molecule has 2 aliphatic carbocycles. The lowest BCUT2D eigenvalue weighted by Gasteiger charge is -2.23. The van der Waals surface area contributed by atoms with Crippen LogP contribution in [0.1, 0.15) is 79.0 Å². The molecule has 19 heteroatoms. The van der Waals surface area contributed by atoms with E-state index in [1.807, 2.05) is 0 Å². The van der Waals surface area contributed by atoms with Gasteiger partial charge in [-0.3, -0.25) is 18.9 Å². The molecule has 11 nitrogen and oxygen atoms in total. The van der Waals surface area contributed by atoms with Crippen LogP contribution in [-0.2, 0) is 40.8 Å². The molecule has 5 aromatic rings. The number of benzene rings is 2. The number of rotatable bonds is 10. The summed E-state index contributed by atoms with van der Waals surface area (Å²) >= 11 is 6.58. The van der Waals surface area contributed by atoms with Crippen LogP contribution in [0.2, 0.25) is 5.02 Å². The van der Waals surface area contributed by atoms with Crippen LogP contribution < -0.4 is 10.0 Å². The normalized spacial score (nSPS) is 18.6. The third kappa shape index (κ3) is 7.80. The molecule has 0 aliphatic heterocycles. The molecule has 0 unspecified atom stereocenters. The van der Waals surface area contributed by atoms with Crippen molar-refractivity contribution in [2.24, 2.45) is 13.0 Å². The summed E-state index contributed by atoms with van der Waals surface area (Å²) in [5, 5.41) is 21.5. The zero-order chi connectivity index (χ0) is 41.4. The maximum atomic E-state index is 15.6. The van der Waals surface area contributed by atoms with E-state index in [-0.39, 0.29) is 50.7 Å². The summed E-state index contributed by atoms with van der Waals surface area (Å²) < 4.78 is 117. The second kappa shape index (κ2) is 14.4. The number of halogens is 7. The fourth-order valence-corrected chi connectivity index (χ4v) is 7.95. The van der Waals surface area contributed by atoms with E-state index >= 15 is 8.78 Å². The van der Waals surface area contributed by atoms with Gasteiger partial charge in [0.15, 0.2) is 5.82 Å². The number of fused-ring (bicyclic) bond motifs is 2. The van der Waals surface area contributed by atoms with Gasteiger partial charge >= 0.3 is 0 Å². The molecule has 300 valence electrons. The van der Waals surface area contributed by atoms with E-state index in [1.54, 1.807) is 12.1 Å². The zero-order valence-electron chi connectivity index (χ0n) is 30.6. The van der Waals surface area contributed by atoms with Crippen molar-refractivity contribution in [2.75, 3.05) is 11.0 Å². The van der Waals surface area contributed by atoms with Crippen LogP contribution in [0.3, 0.4) is 0 Å². The van der Waals surface area contributed by atoms with Gasteiger partial charge in [-0.1, -0.05) is 37.4 Å². The Morgan fingerprint density at radius 2 is 1.72 bits per heavy atom. The minimum absolute atomic E-state index is 0.0385. The average Bonchev–Trinajstić information content (AvgIpc) is 3.51. The molecule has 3 heterocycles. The van der Waals surface area contributed by atoms with Gasteiger partial charge in [-0.2, -0.15) is 19.0 Å². The van der Waals surface area contributed by atoms with Gasteiger partial charge in [-0.05, 0) is 67.0 Å². The second-order valence-electron chi connectivity index (χ2n) is 14.5. The van der Waals surface area contributed by atoms with Crippen molar-refractivity contribution in [1.29, 1.82) is 0 Å². The zero-order valence-corrected chi connectivity index (χ0v) is 32.2. The van der Waals surface area contributed by atoms with Crippen molar-refractivity contribution in [3.8, 4) is 23.0 Å². The van der Waals surface area contributed by atoms with Crippen LogP contribution in [0.5, 0.6) is 0 Å². The summed E-state index contributed by atoms with van der Waals surface area (Å²) in [7, 11) is -2.30. The molecular weight excluding hydrogens is 800 g/mol. The van der Waals surface area contributed by atoms with E-state index in [0.717, 1.165) is 18.4 Å². The Labute approximate surface area is 327 Å². The molecule has 57 heavy (non-hydrogen) atoms. The number of aliphatic hydroxyl groups is 1. The van der Waals surface area contributed by atoms with Crippen LogP contribution >= 0.6 is 11.6 Å². The average molecular weight is 834 g/mol. The number of sulfonamides is 1. The molecule has 3 aromatic heterocycles. The Morgan fingerprint density at radius 1 is 1.05 bits per heavy atom. The minimum Gasteiger partial charge on any atom is -0.378 e. The highest BCUT2D eigenvalue weighted by Gasteiger charge is 2.55. The third-order valence-corrected chi connectivity index (χ3v) is 11.1. The smallest absolute Gasteiger partial charge is 0.292 e. The fraction of sp³-hybridized carbons (Fsp3) is 0.368. The molecule has 1 fully saturated rings. The first-order valence-electron chi connectivity index (χ1n) is 17.6. The van der Waals surface area contributed by atoms with E-state index < -0.39 is 81.3 Å². The largest absolute Gasteiger partial charge is 0.378 e. The summed E-state index contributed by atoms with van der Waals surface area (Å²) in [5.74, 6) is -3.34. The number of alkyl halides is 4. The van der Waals surface area contributed by atoms with E-state index in [4.69, 9.17) is 16.6 Å². The fourth-order valence-electron chi connectivity index (χ4n) is 7.21. The van der Waals surface area contributed by atoms with E-state index in [9.17, 15) is 35.9 Å². The Kier molecular flexibility index (Phi) is 10.1. The number of hydrogen-bond acceptors (Lipinski definition) is 7. The summed E-state index contributed by atoms with van der Waals surface area (Å²) in [5.41, 5.74) is -2.07. The molecule has 7 rings (SSSR count). The predicted octanol–water partition coefficient (Wildman–Crippen LogP) is 6.89. The lowest BCUT2D eigenvalue weighted by atomic mass is 9.93. The monoisotopic (exact) mass is 833 g/mol. The first-order valence-corrected chi connectivity index (χ1v) is 19.8. The summed E-state index contributed by atoms with van der Waals surface area (Å²) in [6, 6.07) is 7.54. The van der Waals surface area contributed by atoms with Crippen LogP contribution in [0.15, 0.2) is 42.5 Å². The minimum atomic E-state index is -3.83. The molecule has 0 bridgehead atoms. The van der Waals surface area contributed by atoms with Crippen molar-refractivity contribution in [2.45, 2.75) is 69.6 Å². The molecule has 1 amide bonds. The third-order valence-electron chi connectivity index (χ3n) is 10.2. The Bertz CT molecular complexity index is 2610. The van der Waals surface area contributed by atoms with Gasteiger partial charge in [0.2, 0.25) is 15.9 Å². The van der Waals surface area contributed by atoms with E-state index in [2.05, 4.69) is 32.1 Å². The van der Waals surface area contributed by atoms with Gasteiger partial charge in [0.05, 0.1) is 33.9 Å². The maximum Gasteiger partial charge on any atom is 0.292 e. The van der Waals surface area contributed by atoms with Gasteiger partial charge in [-0.25, -0.2) is 31.0 Å². The standard InChI is InChI=1S/C38H34ClF6N7O4S/c1-18-19(2)38(44,45)34-29(18)32(35(42)43)48-52(34)17-28(53)47-27(15-20-13-21(40)16-22(41)14-20)31-24(6-5-23(46-31)9-10-37(54)11-12-37)25-7-8-26(39)30-33(25)51(3)49-36(30)50-57(4,55)56/h5-8,13-14,16,18-19,27,35,54H,11-12,15,17H2,1-4H3,(H,47,53)(H,49,50)/t18-,19+,27-/m0/s1. The number of anilines is 1. The number of aromatic nitrogens is 5. The molecule has 0 radical (unpaired) electrons. The van der Waals surface area contributed by atoms with Gasteiger partial charge in [-0.15, -0.1) is 0 Å². The topological polar surface area (TPSA) is 144 Å². The highest BCUT2D eigenvalue weighted by Crippen LogP contribution is 2.54. The van der Waals surface area contributed by atoms with Crippen molar-refractivity contribution >= 4 is 44.3 Å². The highest BCUT2D eigenvalue weighted by atomic mass is 35.5. The van der Waals surface area contributed by atoms with Crippen molar-refractivity contribution in [3.05, 3.63) is 93.0 Å². The van der Waals surface area contributed by atoms with E-state index in [0.29, 0.717) is 34.7 Å². The summed E-state index contributed by atoms with van der Waals surface area (Å²) in [4.78, 5) is 18.7. The van der Waals surface area contributed by atoms with Crippen LogP contribution in [0.25, 0.3) is 22.0 Å². The molecule has 3 N–H and O–H groups in total. The molecule has 3 atom stereocenters. The molecule has 2 aromatic carbocycles. The number of pyridine rings is 1. The summed E-state index contributed by atoms with van der Waals surface area (Å²) in [6.45, 7) is 1.67. The Balaban J connectivity index is 1.39. The molecule has 0 saturated heterocycles. The highest BCUT2D eigenvalue weighted by molar-refractivity contribution is 7.92. The van der Waals surface area contributed by atoms with Crippen molar-refractivity contribution in [1.82, 2.24) is 29.9 Å². The maximum absolute atomic E-state index is 15.6. The van der Waals surface area contributed by atoms with Crippen LogP contribution in [0, 0.1) is 29.4 Å². The number of nitrogens with one attached hydrogen (secondary N) is 2. The van der Waals surface area contributed by atoms with Gasteiger partial charge in [0, 0.05) is 35.7 Å². The number of hydrogen-bond donors (Lipinski definition) is 3. The van der Waals surface area contributed by atoms with Crippen molar-refractivity contribution in [3.63, 3.8) is 0 Å². The lowest BCUT2D eigenvalue weighted by Crippen LogP contribution is -2.35. The SMILES string of the molecule is C[C@@H]1c2c(C(F)F)nn(CC(=O)N[C@@H](Cc3cc(F)cc(F)c3)c3nc(C#CC4(O)CC4)ccc3-c3ccc(Cl)c4c(NS(C)(=O)=O)nn(C)c34)c2C(F)(F)[C@@H]1C. The molecule has 0 spiro atoms. The van der Waals surface area contributed by atoms with Crippen molar-refractivity contribution < 1.29 is 44.7 Å². The quantitative estimate of drug-likeness (QED) is 0.103. The Morgan fingerprint density at radius 3 is 2.35 bits per heavy atom. The first-order chi connectivity index (χ1) is 26.7. The second-order valence-corrected chi connectivity index (χ2v) is 16.6. The van der Waals surface area contributed by atoms with Gasteiger partial charge in [0.1, 0.15) is 40.9 Å². The number of carbonyl (C=O) groups is 1. The van der Waals surface area contributed by atoms with Gasteiger partial charge < -0.3 is 10.4 Å². The number of carbonyl (C=O) groups excluding carboxylic acids is 1.